The number of furan rings is 1. The maximum atomic E-state index is 5.53. The molecule has 2 saturated heterocycles. The van der Waals surface area contributed by atoms with Gasteiger partial charge < -0.3 is 9.32 Å². The van der Waals surface area contributed by atoms with Crippen molar-refractivity contribution in [3.8, 4) is 0 Å². The van der Waals surface area contributed by atoms with Crippen LogP contribution in [0.15, 0.2) is 53.1 Å². The number of likely N-dealkylation sites (tertiary alicyclic amines) is 2. The molecule has 0 spiro atoms. The van der Waals surface area contributed by atoms with Crippen LogP contribution >= 0.6 is 0 Å². The van der Waals surface area contributed by atoms with Gasteiger partial charge in [0.1, 0.15) is 5.76 Å². The first-order valence-corrected chi connectivity index (χ1v) is 8.28. The van der Waals surface area contributed by atoms with Gasteiger partial charge in [-0.3, -0.25) is 4.90 Å². The van der Waals surface area contributed by atoms with Gasteiger partial charge in [-0.1, -0.05) is 30.3 Å². The molecule has 22 heavy (non-hydrogen) atoms. The summed E-state index contributed by atoms with van der Waals surface area (Å²) in [5.74, 6) is 1.08. The Morgan fingerprint density at radius 2 is 1.91 bits per heavy atom. The number of likely N-dealkylation sites (N-methyl/N-ethyl adjacent to an activating group) is 1. The van der Waals surface area contributed by atoms with E-state index < -0.39 is 0 Å². The highest BCUT2D eigenvalue weighted by molar-refractivity contribution is 5.31. The van der Waals surface area contributed by atoms with Gasteiger partial charge in [-0.15, -0.1) is 0 Å². The van der Waals surface area contributed by atoms with Gasteiger partial charge in [-0.2, -0.15) is 0 Å². The standard InChI is InChI=1S/C19H24N2O/c1-20-11-9-19(16-6-3-2-4-7-16)10-12-21(15-18(19)20)14-17-8-5-13-22-17/h2-8,13,18H,9-12,14-15H2,1H3. The molecule has 0 aliphatic carbocycles. The Balaban J connectivity index is 1.57. The molecule has 3 heterocycles. The Bertz CT molecular complexity index is 610. The van der Waals surface area contributed by atoms with Crippen molar-refractivity contribution in [1.29, 1.82) is 0 Å². The summed E-state index contributed by atoms with van der Waals surface area (Å²) < 4.78 is 5.53. The molecule has 1 aromatic heterocycles. The molecule has 0 N–H and O–H groups in total. The molecule has 2 atom stereocenters. The number of piperidine rings is 1. The summed E-state index contributed by atoms with van der Waals surface area (Å²) in [6.45, 7) is 4.42. The summed E-state index contributed by atoms with van der Waals surface area (Å²) >= 11 is 0. The highest BCUT2D eigenvalue weighted by Gasteiger charge is 2.49. The lowest BCUT2D eigenvalue weighted by Crippen LogP contribution is -2.54. The maximum absolute atomic E-state index is 5.53. The number of nitrogens with zero attached hydrogens (tertiary/aromatic N) is 2. The van der Waals surface area contributed by atoms with E-state index in [1.165, 1.54) is 24.9 Å². The predicted molar refractivity (Wildman–Crippen MR) is 87.8 cm³/mol. The molecule has 0 amide bonds. The third-order valence-corrected chi connectivity index (χ3v) is 5.69. The van der Waals surface area contributed by atoms with Crippen LogP contribution in [0.4, 0.5) is 0 Å². The molecule has 2 unspecified atom stereocenters. The van der Waals surface area contributed by atoms with Gasteiger partial charge in [0, 0.05) is 18.0 Å². The summed E-state index contributed by atoms with van der Waals surface area (Å²) in [6, 6.07) is 15.8. The fraction of sp³-hybridized carbons (Fsp3) is 0.474. The smallest absolute Gasteiger partial charge is 0.117 e. The van der Waals surface area contributed by atoms with Crippen LogP contribution < -0.4 is 0 Å². The first-order valence-electron chi connectivity index (χ1n) is 8.28. The second kappa shape index (κ2) is 5.56. The third kappa shape index (κ3) is 2.29. The zero-order valence-electron chi connectivity index (χ0n) is 13.2. The van der Waals surface area contributed by atoms with Crippen molar-refractivity contribution in [3.05, 3.63) is 60.1 Å². The van der Waals surface area contributed by atoms with E-state index >= 15 is 0 Å². The van der Waals surface area contributed by atoms with Crippen LogP contribution in [0.5, 0.6) is 0 Å². The molecule has 1 aromatic carbocycles. The van der Waals surface area contributed by atoms with Crippen LogP contribution in [0.2, 0.25) is 0 Å². The molecule has 0 bridgehead atoms. The summed E-state index contributed by atoms with van der Waals surface area (Å²) in [5.41, 5.74) is 1.87. The Kier molecular flexibility index (Phi) is 3.55. The average Bonchev–Trinajstić information content (AvgIpc) is 3.18. The van der Waals surface area contributed by atoms with Crippen molar-refractivity contribution in [1.82, 2.24) is 9.80 Å². The average molecular weight is 296 g/mol. The lowest BCUT2D eigenvalue weighted by Gasteiger charge is -2.46. The monoisotopic (exact) mass is 296 g/mol. The molecule has 2 aromatic rings. The molecule has 2 fully saturated rings. The molecule has 116 valence electrons. The van der Waals surface area contributed by atoms with E-state index in [0.29, 0.717) is 11.5 Å². The van der Waals surface area contributed by atoms with E-state index in [1.54, 1.807) is 6.26 Å². The minimum absolute atomic E-state index is 0.343. The summed E-state index contributed by atoms with van der Waals surface area (Å²) in [4.78, 5) is 5.10. The fourth-order valence-electron chi connectivity index (χ4n) is 4.44. The summed E-state index contributed by atoms with van der Waals surface area (Å²) in [5, 5.41) is 0. The number of hydrogen-bond donors (Lipinski definition) is 0. The van der Waals surface area contributed by atoms with Crippen molar-refractivity contribution >= 4 is 0 Å². The van der Waals surface area contributed by atoms with E-state index in [9.17, 15) is 0 Å². The Morgan fingerprint density at radius 3 is 2.68 bits per heavy atom. The molecular weight excluding hydrogens is 272 g/mol. The quantitative estimate of drug-likeness (QED) is 0.867. The zero-order chi connectivity index (χ0) is 15.0. The van der Waals surface area contributed by atoms with Crippen LogP contribution in [-0.4, -0.2) is 42.5 Å². The van der Waals surface area contributed by atoms with Crippen LogP contribution in [0.3, 0.4) is 0 Å². The number of benzene rings is 1. The van der Waals surface area contributed by atoms with Crippen molar-refractivity contribution in [2.75, 3.05) is 26.7 Å². The number of hydrogen-bond acceptors (Lipinski definition) is 3. The molecule has 2 aliphatic heterocycles. The topological polar surface area (TPSA) is 19.6 Å². The van der Waals surface area contributed by atoms with E-state index in [-0.39, 0.29) is 0 Å². The fourth-order valence-corrected chi connectivity index (χ4v) is 4.44. The molecule has 0 saturated carbocycles. The molecule has 4 rings (SSSR count). The highest BCUT2D eigenvalue weighted by atomic mass is 16.3. The Labute approximate surface area is 132 Å². The van der Waals surface area contributed by atoms with Gasteiger partial charge in [-0.05, 0) is 50.7 Å². The maximum Gasteiger partial charge on any atom is 0.117 e. The predicted octanol–water partition coefficient (Wildman–Crippen LogP) is 3.13. The van der Waals surface area contributed by atoms with Gasteiger partial charge >= 0.3 is 0 Å². The van der Waals surface area contributed by atoms with Crippen molar-refractivity contribution in [3.63, 3.8) is 0 Å². The first-order chi connectivity index (χ1) is 10.8. The molecule has 2 aliphatic rings. The van der Waals surface area contributed by atoms with Gasteiger partial charge in [-0.25, -0.2) is 0 Å². The van der Waals surface area contributed by atoms with Crippen LogP contribution in [0, 0.1) is 0 Å². The van der Waals surface area contributed by atoms with E-state index in [1.807, 2.05) is 6.07 Å². The van der Waals surface area contributed by atoms with Gasteiger partial charge in [0.15, 0.2) is 0 Å². The lowest BCUT2D eigenvalue weighted by atomic mass is 9.69. The van der Waals surface area contributed by atoms with E-state index in [2.05, 4.69) is 53.2 Å². The van der Waals surface area contributed by atoms with Gasteiger partial charge in [0.2, 0.25) is 0 Å². The number of fused-ring (bicyclic) bond motifs is 1. The van der Waals surface area contributed by atoms with Crippen molar-refractivity contribution in [2.45, 2.75) is 30.8 Å². The Morgan fingerprint density at radius 1 is 1.09 bits per heavy atom. The minimum Gasteiger partial charge on any atom is -0.468 e. The number of rotatable bonds is 3. The van der Waals surface area contributed by atoms with Crippen molar-refractivity contribution < 1.29 is 4.42 Å². The highest BCUT2D eigenvalue weighted by Crippen LogP contribution is 2.45. The first kappa shape index (κ1) is 14.0. The molecular formula is C19H24N2O. The largest absolute Gasteiger partial charge is 0.468 e. The molecule has 3 nitrogen and oxygen atoms in total. The molecule has 0 radical (unpaired) electrons. The minimum atomic E-state index is 0.343. The van der Waals surface area contributed by atoms with E-state index in [0.717, 1.165) is 25.4 Å². The SMILES string of the molecule is CN1CCC2(c3ccccc3)CCN(Cc3ccco3)CC12. The summed E-state index contributed by atoms with van der Waals surface area (Å²) in [6.07, 6.45) is 4.30. The van der Waals surface area contributed by atoms with Crippen LogP contribution in [0.1, 0.15) is 24.2 Å². The zero-order valence-corrected chi connectivity index (χ0v) is 13.2. The van der Waals surface area contributed by atoms with Gasteiger partial charge in [0.05, 0.1) is 12.8 Å². The van der Waals surface area contributed by atoms with E-state index in [4.69, 9.17) is 4.42 Å². The lowest BCUT2D eigenvalue weighted by molar-refractivity contribution is 0.0868. The third-order valence-electron chi connectivity index (χ3n) is 5.69. The van der Waals surface area contributed by atoms with Crippen LogP contribution in [-0.2, 0) is 12.0 Å². The van der Waals surface area contributed by atoms with Crippen LogP contribution in [0.25, 0.3) is 0 Å². The molecule has 3 heteroatoms. The van der Waals surface area contributed by atoms with Gasteiger partial charge in [0.25, 0.3) is 0 Å². The Hall–Kier alpha value is -1.58. The normalized spacial score (nSPS) is 29.6. The second-order valence-corrected chi connectivity index (χ2v) is 6.83. The van der Waals surface area contributed by atoms with Crippen molar-refractivity contribution in [2.24, 2.45) is 0 Å². The second-order valence-electron chi connectivity index (χ2n) is 6.83. The summed E-state index contributed by atoms with van der Waals surface area (Å²) in [7, 11) is 2.28.